The molecule has 1 aromatic heterocycles. The van der Waals surface area contributed by atoms with E-state index in [0.717, 1.165) is 11.6 Å². The summed E-state index contributed by atoms with van der Waals surface area (Å²) in [5, 5.41) is 9.26. The zero-order chi connectivity index (χ0) is 13.5. The summed E-state index contributed by atoms with van der Waals surface area (Å²) in [5.74, 6) is -1.58. The second kappa shape index (κ2) is 3.98. The van der Waals surface area contributed by atoms with Crippen molar-refractivity contribution in [2.75, 3.05) is 0 Å². The van der Waals surface area contributed by atoms with Gasteiger partial charge in [0.15, 0.2) is 5.43 Å². The molecule has 2 aromatic rings. The smallest absolute Gasteiger partial charge is 0.371 e. The predicted octanol–water partition coefficient (Wildman–Crippen LogP) is 2.79. The third-order valence-corrected chi connectivity index (χ3v) is 2.81. The van der Waals surface area contributed by atoms with Crippen LogP contribution in [0.15, 0.2) is 33.5 Å². The van der Waals surface area contributed by atoms with Crippen LogP contribution in [0.5, 0.6) is 0 Å². The molecule has 2 rings (SSSR count). The van der Waals surface area contributed by atoms with E-state index in [1.165, 1.54) is 0 Å². The van der Waals surface area contributed by atoms with E-state index in [1.807, 2.05) is 26.8 Å². The Morgan fingerprint density at radius 3 is 2.44 bits per heavy atom. The van der Waals surface area contributed by atoms with Crippen molar-refractivity contribution < 1.29 is 14.3 Å². The van der Waals surface area contributed by atoms with Crippen LogP contribution in [0.1, 0.15) is 36.9 Å². The first-order chi connectivity index (χ1) is 8.29. The highest BCUT2D eigenvalue weighted by molar-refractivity contribution is 5.87. The van der Waals surface area contributed by atoms with Crippen LogP contribution in [0.4, 0.5) is 0 Å². The molecule has 0 amide bonds. The molecule has 0 fully saturated rings. The Labute approximate surface area is 104 Å². The average Bonchev–Trinajstić information content (AvgIpc) is 2.26. The minimum atomic E-state index is -1.24. The number of benzene rings is 1. The van der Waals surface area contributed by atoms with Crippen molar-refractivity contribution in [2.24, 2.45) is 0 Å². The molecule has 4 heteroatoms. The van der Waals surface area contributed by atoms with Gasteiger partial charge in [0.2, 0.25) is 5.76 Å². The van der Waals surface area contributed by atoms with Crippen LogP contribution in [0.2, 0.25) is 0 Å². The van der Waals surface area contributed by atoms with Crippen LogP contribution in [-0.2, 0) is 5.41 Å². The van der Waals surface area contributed by atoms with Gasteiger partial charge in [-0.3, -0.25) is 4.79 Å². The van der Waals surface area contributed by atoms with Crippen molar-refractivity contribution in [3.05, 3.63) is 45.8 Å². The molecule has 18 heavy (non-hydrogen) atoms. The number of fused-ring (bicyclic) bond motifs is 1. The van der Waals surface area contributed by atoms with Gasteiger partial charge in [-0.25, -0.2) is 4.79 Å². The highest BCUT2D eigenvalue weighted by atomic mass is 16.4. The van der Waals surface area contributed by atoms with E-state index in [2.05, 4.69) is 0 Å². The van der Waals surface area contributed by atoms with E-state index in [4.69, 9.17) is 9.52 Å². The van der Waals surface area contributed by atoms with Gasteiger partial charge in [-0.1, -0.05) is 26.8 Å². The molecule has 1 aromatic carbocycles. The Balaban J connectivity index is 2.76. The summed E-state index contributed by atoms with van der Waals surface area (Å²) in [6, 6.07) is 6.26. The van der Waals surface area contributed by atoms with Crippen molar-refractivity contribution in [3.8, 4) is 0 Å². The molecule has 4 nitrogen and oxygen atoms in total. The number of carboxylic acids is 1. The molecule has 0 aliphatic rings. The van der Waals surface area contributed by atoms with Gasteiger partial charge in [0, 0.05) is 6.07 Å². The zero-order valence-electron chi connectivity index (χ0n) is 10.5. The lowest BCUT2D eigenvalue weighted by atomic mass is 9.87. The highest BCUT2D eigenvalue weighted by Crippen LogP contribution is 2.25. The van der Waals surface area contributed by atoms with Gasteiger partial charge < -0.3 is 9.52 Å². The lowest BCUT2D eigenvalue weighted by Gasteiger charge is -2.18. The summed E-state index contributed by atoms with van der Waals surface area (Å²) in [5.41, 5.74) is 0.869. The molecule has 0 spiro atoms. The van der Waals surface area contributed by atoms with Crippen molar-refractivity contribution in [1.29, 1.82) is 0 Å². The number of carboxylic acid groups (broad SMARTS) is 1. The second-order valence-corrected chi connectivity index (χ2v) is 5.24. The summed E-state index contributed by atoms with van der Waals surface area (Å²) in [6.45, 7) is 6.11. The average molecular weight is 246 g/mol. The summed E-state index contributed by atoms with van der Waals surface area (Å²) in [7, 11) is 0. The highest BCUT2D eigenvalue weighted by Gasteiger charge is 2.16. The maximum atomic E-state index is 11.7. The molecule has 1 N–H and O–H groups in total. The first kappa shape index (κ1) is 12.4. The van der Waals surface area contributed by atoms with Gasteiger partial charge in [-0.2, -0.15) is 0 Å². The zero-order valence-corrected chi connectivity index (χ0v) is 10.5. The van der Waals surface area contributed by atoms with Gasteiger partial charge in [0.05, 0.1) is 5.39 Å². The molecule has 0 aliphatic carbocycles. The fourth-order valence-electron chi connectivity index (χ4n) is 1.73. The molecular weight excluding hydrogens is 232 g/mol. The Bertz CT molecular complexity index is 674. The van der Waals surface area contributed by atoms with Crippen LogP contribution >= 0.6 is 0 Å². The minimum Gasteiger partial charge on any atom is -0.475 e. The Morgan fingerprint density at radius 1 is 1.22 bits per heavy atom. The molecule has 0 aliphatic heterocycles. The van der Waals surface area contributed by atoms with Gasteiger partial charge in [0.1, 0.15) is 5.58 Å². The first-order valence-electron chi connectivity index (χ1n) is 5.61. The molecule has 0 bridgehead atoms. The van der Waals surface area contributed by atoms with E-state index >= 15 is 0 Å². The minimum absolute atomic E-state index is 0.0913. The molecule has 94 valence electrons. The van der Waals surface area contributed by atoms with Gasteiger partial charge in [0.25, 0.3) is 0 Å². The molecule has 0 saturated heterocycles. The summed E-state index contributed by atoms with van der Waals surface area (Å²) < 4.78 is 5.24. The molecular formula is C14H14O4. The number of aromatic carboxylic acids is 1. The van der Waals surface area contributed by atoms with Crippen LogP contribution in [0.25, 0.3) is 11.0 Å². The van der Waals surface area contributed by atoms with E-state index in [1.54, 1.807) is 12.1 Å². The molecule has 0 saturated carbocycles. The van der Waals surface area contributed by atoms with E-state index in [-0.39, 0.29) is 16.6 Å². The molecule has 0 radical (unpaired) electrons. The number of hydrogen-bond acceptors (Lipinski definition) is 3. The Morgan fingerprint density at radius 2 is 1.89 bits per heavy atom. The van der Waals surface area contributed by atoms with Crippen molar-refractivity contribution in [3.63, 3.8) is 0 Å². The number of carbonyl (C=O) groups is 1. The molecule has 0 unspecified atom stereocenters. The van der Waals surface area contributed by atoms with E-state index < -0.39 is 5.97 Å². The predicted molar refractivity (Wildman–Crippen MR) is 68.1 cm³/mol. The maximum Gasteiger partial charge on any atom is 0.371 e. The second-order valence-electron chi connectivity index (χ2n) is 5.24. The fraction of sp³-hybridized carbons (Fsp3) is 0.286. The van der Waals surface area contributed by atoms with Crippen molar-refractivity contribution in [1.82, 2.24) is 0 Å². The molecule has 0 atom stereocenters. The Kier molecular flexibility index (Phi) is 2.73. The lowest BCUT2D eigenvalue weighted by Crippen LogP contribution is -2.12. The number of hydrogen-bond donors (Lipinski definition) is 1. The van der Waals surface area contributed by atoms with Gasteiger partial charge in [-0.15, -0.1) is 0 Å². The molecule has 1 heterocycles. The van der Waals surface area contributed by atoms with Crippen LogP contribution in [-0.4, -0.2) is 11.1 Å². The van der Waals surface area contributed by atoms with Crippen LogP contribution in [0, 0.1) is 0 Å². The Hall–Kier alpha value is -2.10. The standard InChI is InChI=1S/C14H14O4/c1-14(2,3)8-4-5-9-10(15)7-12(13(16)17)18-11(9)6-8/h4-7H,1-3H3,(H,16,17). The van der Waals surface area contributed by atoms with E-state index in [9.17, 15) is 9.59 Å². The van der Waals surface area contributed by atoms with Crippen molar-refractivity contribution in [2.45, 2.75) is 26.2 Å². The van der Waals surface area contributed by atoms with Gasteiger partial charge >= 0.3 is 5.97 Å². The van der Waals surface area contributed by atoms with Gasteiger partial charge in [-0.05, 0) is 23.1 Å². The first-order valence-corrected chi connectivity index (χ1v) is 5.61. The quantitative estimate of drug-likeness (QED) is 0.840. The van der Waals surface area contributed by atoms with Crippen LogP contribution < -0.4 is 5.43 Å². The van der Waals surface area contributed by atoms with Crippen molar-refractivity contribution >= 4 is 16.9 Å². The fourth-order valence-corrected chi connectivity index (χ4v) is 1.73. The summed E-state index contributed by atoms with van der Waals surface area (Å²) >= 11 is 0. The number of rotatable bonds is 1. The third-order valence-electron chi connectivity index (χ3n) is 2.81. The maximum absolute atomic E-state index is 11.7. The normalized spacial score (nSPS) is 11.7. The third kappa shape index (κ3) is 2.14. The topological polar surface area (TPSA) is 67.5 Å². The SMILES string of the molecule is CC(C)(C)c1ccc2c(=O)cc(C(=O)O)oc2c1. The summed E-state index contributed by atoms with van der Waals surface area (Å²) in [4.78, 5) is 22.6. The summed E-state index contributed by atoms with van der Waals surface area (Å²) in [6.07, 6.45) is 0. The monoisotopic (exact) mass is 246 g/mol. The largest absolute Gasteiger partial charge is 0.475 e. The van der Waals surface area contributed by atoms with Crippen LogP contribution in [0.3, 0.4) is 0 Å². The lowest BCUT2D eigenvalue weighted by molar-refractivity contribution is 0.0663. The van der Waals surface area contributed by atoms with E-state index in [0.29, 0.717) is 11.0 Å².